The molecule has 0 saturated heterocycles. The molecule has 47 valence electrons. The van der Waals surface area contributed by atoms with Gasteiger partial charge in [-0.15, -0.1) is 0 Å². The number of nitrogens with two attached hydrogens (primary N) is 1. The van der Waals surface area contributed by atoms with E-state index in [1.54, 1.807) is 0 Å². The summed E-state index contributed by atoms with van der Waals surface area (Å²) in [5.74, 6) is -0.383. The Morgan fingerprint density at radius 3 is 2.22 bits per heavy atom. The first-order chi connectivity index (χ1) is 3.68. The minimum Gasteiger partial charge on any atom is -0.366 e. The molecule has 0 aliphatic rings. The third kappa shape index (κ3) is 6.09. The maximum Gasteiger partial charge on any atom is 0.244 e. The largest absolute Gasteiger partial charge is 0.366 e. The summed E-state index contributed by atoms with van der Waals surface area (Å²) in [4.78, 5) is 10.2. The van der Waals surface area contributed by atoms with Crippen LogP contribution < -0.4 is 5.73 Å². The third-order valence-corrected chi connectivity index (χ3v) is 0.900. The van der Waals surface area contributed by atoms with Crippen LogP contribution in [0.4, 0.5) is 0 Å². The average molecular weight is 136 g/mol. The van der Waals surface area contributed by atoms with E-state index in [9.17, 15) is 4.79 Å². The van der Waals surface area contributed by atoms with Crippen molar-refractivity contribution in [3.63, 3.8) is 0 Å². The molecular weight excluding hydrogens is 125 g/mol. The summed E-state index contributed by atoms with van der Waals surface area (Å²) < 4.78 is 0. The Kier molecular flexibility index (Phi) is 8.40. The standard InChI is InChI=1S/C6H11NO.Na/c1-3-4-5(2)6(7)8;/h2-4H2,1H3,(H2,7,8);. The van der Waals surface area contributed by atoms with Gasteiger partial charge in [-0.3, -0.25) is 4.79 Å². The van der Waals surface area contributed by atoms with Crippen molar-refractivity contribution in [2.24, 2.45) is 5.73 Å². The molecule has 0 aromatic rings. The fourth-order valence-corrected chi connectivity index (χ4v) is 0.425. The van der Waals surface area contributed by atoms with E-state index in [1.165, 1.54) is 0 Å². The Labute approximate surface area is 77.8 Å². The number of carbonyl (C=O) groups is 1. The van der Waals surface area contributed by atoms with Gasteiger partial charge in [-0.2, -0.15) is 0 Å². The zero-order valence-electron chi connectivity index (χ0n) is 6.11. The molecule has 2 N–H and O–H groups in total. The van der Waals surface area contributed by atoms with Crippen LogP contribution in [-0.2, 0) is 4.79 Å². The van der Waals surface area contributed by atoms with Crippen LogP contribution in [-0.4, -0.2) is 35.5 Å². The first-order valence-electron chi connectivity index (χ1n) is 2.66. The van der Waals surface area contributed by atoms with E-state index in [2.05, 4.69) is 6.58 Å². The number of amides is 1. The van der Waals surface area contributed by atoms with Crippen LogP contribution in [0.2, 0.25) is 0 Å². The molecule has 0 saturated carbocycles. The average Bonchev–Trinajstić information content (AvgIpc) is 1.67. The first-order valence-corrected chi connectivity index (χ1v) is 2.66. The van der Waals surface area contributed by atoms with Crippen molar-refractivity contribution >= 4 is 35.5 Å². The molecule has 0 atom stereocenters. The van der Waals surface area contributed by atoms with Crippen LogP contribution in [0.3, 0.4) is 0 Å². The van der Waals surface area contributed by atoms with Gasteiger partial charge in [0.1, 0.15) is 0 Å². The van der Waals surface area contributed by atoms with E-state index >= 15 is 0 Å². The molecule has 0 unspecified atom stereocenters. The Balaban J connectivity index is 0. The molecule has 0 aliphatic carbocycles. The van der Waals surface area contributed by atoms with Crippen molar-refractivity contribution in [3.05, 3.63) is 12.2 Å². The van der Waals surface area contributed by atoms with Crippen LogP contribution in [0.25, 0.3) is 0 Å². The number of hydrogen-bond acceptors (Lipinski definition) is 1. The quantitative estimate of drug-likeness (QED) is 0.444. The van der Waals surface area contributed by atoms with E-state index in [0.717, 1.165) is 12.8 Å². The van der Waals surface area contributed by atoms with Gasteiger partial charge in [-0.05, 0) is 6.42 Å². The van der Waals surface area contributed by atoms with E-state index in [1.807, 2.05) is 6.92 Å². The van der Waals surface area contributed by atoms with Gasteiger partial charge in [0, 0.05) is 35.1 Å². The molecular formula is C6H11NNaO. The third-order valence-electron chi connectivity index (χ3n) is 0.900. The number of hydrogen-bond donors (Lipinski definition) is 1. The van der Waals surface area contributed by atoms with Gasteiger partial charge in [0.15, 0.2) is 0 Å². The van der Waals surface area contributed by atoms with Crippen molar-refractivity contribution in [3.8, 4) is 0 Å². The Morgan fingerprint density at radius 2 is 2.11 bits per heavy atom. The zero-order chi connectivity index (χ0) is 6.57. The van der Waals surface area contributed by atoms with Gasteiger partial charge in [-0.25, -0.2) is 0 Å². The summed E-state index contributed by atoms with van der Waals surface area (Å²) >= 11 is 0. The van der Waals surface area contributed by atoms with E-state index in [0.29, 0.717) is 5.57 Å². The van der Waals surface area contributed by atoms with Gasteiger partial charge >= 0.3 is 0 Å². The van der Waals surface area contributed by atoms with Crippen molar-refractivity contribution in [1.82, 2.24) is 0 Å². The van der Waals surface area contributed by atoms with Crippen LogP contribution in [0.1, 0.15) is 19.8 Å². The van der Waals surface area contributed by atoms with Crippen LogP contribution in [0.15, 0.2) is 12.2 Å². The minimum absolute atomic E-state index is 0. The second kappa shape index (κ2) is 6.33. The van der Waals surface area contributed by atoms with Gasteiger partial charge in [0.2, 0.25) is 5.91 Å². The molecule has 0 heterocycles. The summed E-state index contributed by atoms with van der Waals surface area (Å²) in [5, 5.41) is 0. The maximum absolute atomic E-state index is 10.2. The van der Waals surface area contributed by atoms with Gasteiger partial charge in [-0.1, -0.05) is 19.9 Å². The second-order valence-electron chi connectivity index (χ2n) is 1.72. The topological polar surface area (TPSA) is 43.1 Å². The van der Waals surface area contributed by atoms with Crippen LogP contribution >= 0.6 is 0 Å². The van der Waals surface area contributed by atoms with Crippen molar-refractivity contribution in [1.29, 1.82) is 0 Å². The molecule has 3 heteroatoms. The predicted molar refractivity (Wildman–Crippen MR) is 39.0 cm³/mol. The summed E-state index contributed by atoms with van der Waals surface area (Å²) in [6.45, 7) is 5.45. The molecule has 0 aliphatic heterocycles. The molecule has 0 rings (SSSR count). The summed E-state index contributed by atoms with van der Waals surface area (Å²) in [6, 6.07) is 0. The molecule has 0 bridgehead atoms. The molecule has 0 spiro atoms. The molecule has 0 aromatic carbocycles. The van der Waals surface area contributed by atoms with Gasteiger partial charge in [0.05, 0.1) is 0 Å². The minimum atomic E-state index is -0.383. The van der Waals surface area contributed by atoms with Crippen molar-refractivity contribution in [2.75, 3.05) is 0 Å². The number of primary amides is 1. The SMILES string of the molecule is C=C(CCC)C(N)=O.[Na]. The van der Waals surface area contributed by atoms with Crippen molar-refractivity contribution in [2.45, 2.75) is 19.8 Å². The monoisotopic (exact) mass is 136 g/mol. The van der Waals surface area contributed by atoms with Crippen molar-refractivity contribution < 1.29 is 4.79 Å². The number of rotatable bonds is 3. The van der Waals surface area contributed by atoms with Crippen LogP contribution in [0, 0.1) is 0 Å². The molecule has 2 nitrogen and oxygen atoms in total. The van der Waals surface area contributed by atoms with E-state index < -0.39 is 0 Å². The Bertz CT molecular complexity index is 112. The molecule has 0 fully saturated rings. The maximum atomic E-state index is 10.2. The fraction of sp³-hybridized carbons (Fsp3) is 0.500. The normalized spacial score (nSPS) is 7.67. The number of carbonyl (C=O) groups excluding carboxylic acids is 1. The van der Waals surface area contributed by atoms with E-state index in [4.69, 9.17) is 5.73 Å². The fourth-order valence-electron chi connectivity index (χ4n) is 0.425. The molecule has 1 radical (unpaired) electrons. The summed E-state index contributed by atoms with van der Waals surface area (Å²) in [5.41, 5.74) is 5.40. The molecule has 0 aromatic heterocycles. The Morgan fingerprint density at radius 1 is 1.67 bits per heavy atom. The Hall–Kier alpha value is 0.210. The van der Waals surface area contributed by atoms with Crippen LogP contribution in [0.5, 0.6) is 0 Å². The predicted octanol–water partition coefficient (Wildman–Crippen LogP) is 0.447. The smallest absolute Gasteiger partial charge is 0.244 e. The van der Waals surface area contributed by atoms with Gasteiger partial charge < -0.3 is 5.73 Å². The second-order valence-corrected chi connectivity index (χ2v) is 1.72. The molecule has 1 amide bonds. The van der Waals surface area contributed by atoms with E-state index in [-0.39, 0.29) is 35.5 Å². The van der Waals surface area contributed by atoms with Gasteiger partial charge in [0.25, 0.3) is 0 Å². The first kappa shape index (κ1) is 11.9. The summed E-state index contributed by atoms with van der Waals surface area (Å²) in [6.07, 6.45) is 1.65. The zero-order valence-corrected chi connectivity index (χ0v) is 8.11. The summed E-state index contributed by atoms with van der Waals surface area (Å²) in [7, 11) is 0. The molecule has 9 heavy (non-hydrogen) atoms.